The number of urea groups is 1. The number of aliphatic hydroxyl groups excluding tert-OH is 1. The average molecular weight is 336 g/mol. The first-order valence-corrected chi connectivity index (χ1v) is 7.29. The van der Waals surface area contributed by atoms with Gasteiger partial charge < -0.3 is 20.5 Å². The molecule has 2 aromatic rings. The van der Waals surface area contributed by atoms with Crippen LogP contribution in [0.3, 0.4) is 0 Å². The quantitative estimate of drug-likeness (QED) is 0.757. The molecule has 0 aliphatic rings. The molecule has 0 spiro atoms. The molecule has 2 aromatic carbocycles. The maximum Gasteiger partial charge on any atom is 0.387 e. The van der Waals surface area contributed by atoms with Gasteiger partial charge in [-0.25, -0.2) is 4.79 Å². The highest BCUT2D eigenvalue weighted by atomic mass is 19.3. The number of hydrogen-bond acceptors (Lipinski definition) is 3. The number of para-hydroxylation sites is 2. The van der Waals surface area contributed by atoms with Crippen LogP contribution in [0, 0.1) is 6.92 Å². The van der Waals surface area contributed by atoms with Crippen molar-refractivity contribution in [2.75, 3.05) is 11.9 Å². The van der Waals surface area contributed by atoms with Gasteiger partial charge in [0.15, 0.2) is 0 Å². The number of benzene rings is 2. The second-order valence-electron chi connectivity index (χ2n) is 5.08. The van der Waals surface area contributed by atoms with E-state index in [1.54, 1.807) is 18.2 Å². The van der Waals surface area contributed by atoms with Crippen LogP contribution in [-0.4, -0.2) is 24.3 Å². The van der Waals surface area contributed by atoms with Crippen molar-refractivity contribution in [2.24, 2.45) is 0 Å². The molecule has 1 unspecified atom stereocenters. The molecule has 0 saturated heterocycles. The zero-order chi connectivity index (χ0) is 17.5. The second kappa shape index (κ2) is 8.26. The number of ether oxygens (including phenoxy) is 1. The van der Waals surface area contributed by atoms with Crippen LogP contribution in [-0.2, 0) is 0 Å². The van der Waals surface area contributed by atoms with Gasteiger partial charge in [0.1, 0.15) is 5.75 Å². The Labute approximate surface area is 138 Å². The van der Waals surface area contributed by atoms with Crippen molar-refractivity contribution in [1.29, 1.82) is 0 Å². The van der Waals surface area contributed by atoms with Crippen LogP contribution in [0.4, 0.5) is 19.3 Å². The summed E-state index contributed by atoms with van der Waals surface area (Å²) in [6, 6.07) is 12.5. The lowest BCUT2D eigenvalue weighted by atomic mass is 10.0. The molecule has 0 saturated carbocycles. The highest BCUT2D eigenvalue weighted by Gasteiger charge is 2.14. The van der Waals surface area contributed by atoms with Crippen LogP contribution >= 0.6 is 0 Å². The van der Waals surface area contributed by atoms with Crippen LogP contribution in [0.15, 0.2) is 48.5 Å². The van der Waals surface area contributed by atoms with Crippen molar-refractivity contribution < 1.29 is 23.4 Å². The smallest absolute Gasteiger partial charge is 0.387 e. The van der Waals surface area contributed by atoms with Gasteiger partial charge in [-0.2, -0.15) is 8.78 Å². The number of halogens is 2. The summed E-state index contributed by atoms with van der Waals surface area (Å²) in [6.07, 6.45) is -0.871. The Morgan fingerprint density at radius 1 is 1.17 bits per heavy atom. The maximum atomic E-state index is 12.3. The first-order chi connectivity index (χ1) is 11.5. The Morgan fingerprint density at radius 3 is 2.54 bits per heavy atom. The van der Waals surface area contributed by atoms with Crippen molar-refractivity contribution in [1.82, 2.24) is 5.32 Å². The zero-order valence-corrected chi connectivity index (χ0v) is 13.0. The van der Waals surface area contributed by atoms with Crippen LogP contribution in [0.1, 0.15) is 17.2 Å². The summed E-state index contributed by atoms with van der Waals surface area (Å²) in [5.41, 5.74) is 1.72. The van der Waals surface area contributed by atoms with E-state index >= 15 is 0 Å². The molecule has 0 heterocycles. The Kier molecular flexibility index (Phi) is 6.08. The molecule has 0 aliphatic heterocycles. The van der Waals surface area contributed by atoms with Crippen molar-refractivity contribution >= 4 is 11.7 Å². The minimum absolute atomic E-state index is 0.0193. The summed E-state index contributed by atoms with van der Waals surface area (Å²) in [7, 11) is 0. The third kappa shape index (κ3) is 4.92. The fourth-order valence-electron chi connectivity index (χ4n) is 2.20. The van der Waals surface area contributed by atoms with E-state index in [-0.39, 0.29) is 18.0 Å². The Balaban J connectivity index is 1.93. The lowest BCUT2D eigenvalue weighted by molar-refractivity contribution is -0.0493. The minimum Gasteiger partial charge on any atom is -0.433 e. The van der Waals surface area contributed by atoms with E-state index < -0.39 is 18.7 Å². The van der Waals surface area contributed by atoms with E-state index in [0.29, 0.717) is 5.56 Å². The molecule has 0 aliphatic carbocycles. The van der Waals surface area contributed by atoms with E-state index in [4.69, 9.17) is 0 Å². The number of carbonyl (C=O) groups excluding carboxylic acids is 1. The van der Waals surface area contributed by atoms with E-state index in [1.807, 2.05) is 19.1 Å². The Morgan fingerprint density at radius 2 is 1.83 bits per heavy atom. The van der Waals surface area contributed by atoms with Crippen LogP contribution in [0.2, 0.25) is 0 Å². The van der Waals surface area contributed by atoms with Crippen molar-refractivity contribution in [3.05, 3.63) is 59.7 Å². The fourth-order valence-corrected chi connectivity index (χ4v) is 2.20. The number of amides is 2. The first kappa shape index (κ1) is 17.7. The normalized spacial score (nSPS) is 11.9. The predicted octanol–water partition coefficient (Wildman–Crippen LogP) is 3.45. The van der Waals surface area contributed by atoms with E-state index in [0.717, 1.165) is 5.56 Å². The van der Waals surface area contributed by atoms with Crippen LogP contribution < -0.4 is 15.4 Å². The summed E-state index contributed by atoms with van der Waals surface area (Å²) >= 11 is 0. The van der Waals surface area contributed by atoms with Crippen molar-refractivity contribution in [2.45, 2.75) is 19.6 Å². The average Bonchev–Trinajstić information content (AvgIpc) is 2.54. The molecular weight excluding hydrogens is 318 g/mol. The molecule has 0 radical (unpaired) electrons. The Bertz CT molecular complexity index is 695. The molecule has 1 atom stereocenters. The van der Waals surface area contributed by atoms with Gasteiger partial charge in [-0.1, -0.05) is 36.4 Å². The molecule has 5 nitrogen and oxygen atoms in total. The first-order valence-electron chi connectivity index (χ1n) is 7.29. The highest BCUT2D eigenvalue weighted by molar-refractivity contribution is 5.90. The summed E-state index contributed by atoms with van der Waals surface area (Å²) in [6.45, 7) is -1.15. The lowest BCUT2D eigenvalue weighted by Gasteiger charge is -2.16. The number of nitrogens with one attached hydrogen (secondary N) is 2. The topological polar surface area (TPSA) is 70.6 Å². The van der Waals surface area contributed by atoms with Gasteiger partial charge in [-0.15, -0.1) is 0 Å². The standard InChI is InChI=1S/C17H18F2N2O3/c1-11-6-2-3-7-12(11)14(22)10-20-17(23)21-13-8-4-5-9-15(13)24-16(18)19/h2-9,14,16,22H,10H2,1H3,(H2,20,21,23). The van der Waals surface area contributed by atoms with Gasteiger partial charge in [0.05, 0.1) is 11.8 Å². The number of rotatable bonds is 6. The molecule has 3 N–H and O–H groups in total. The predicted molar refractivity (Wildman–Crippen MR) is 86.2 cm³/mol. The molecule has 2 amide bonds. The second-order valence-corrected chi connectivity index (χ2v) is 5.08. The summed E-state index contributed by atoms with van der Waals surface area (Å²) in [4.78, 5) is 11.9. The van der Waals surface area contributed by atoms with Crippen molar-refractivity contribution in [3.63, 3.8) is 0 Å². The third-order valence-corrected chi connectivity index (χ3v) is 3.35. The van der Waals surface area contributed by atoms with E-state index in [2.05, 4.69) is 15.4 Å². The third-order valence-electron chi connectivity index (χ3n) is 3.35. The van der Waals surface area contributed by atoms with Crippen LogP contribution in [0.5, 0.6) is 5.75 Å². The van der Waals surface area contributed by atoms with Gasteiger partial charge >= 0.3 is 12.6 Å². The number of anilines is 1. The molecule has 0 fully saturated rings. The van der Waals surface area contributed by atoms with Gasteiger partial charge in [0.25, 0.3) is 0 Å². The summed E-state index contributed by atoms with van der Waals surface area (Å²) < 4.78 is 29.0. The van der Waals surface area contributed by atoms with Gasteiger partial charge in [0.2, 0.25) is 0 Å². The van der Waals surface area contributed by atoms with Gasteiger partial charge in [0, 0.05) is 6.54 Å². The molecular formula is C17H18F2N2O3. The molecule has 0 aromatic heterocycles. The lowest BCUT2D eigenvalue weighted by Crippen LogP contribution is -2.32. The number of aliphatic hydroxyl groups is 1. The molecule has 0 bridgehead atoms. The number of carbonyl (C=O) groups is 1. The largest absolute Gasteiger partial charge is 0.433 e. The van der Waals surface area contributed by atoms with Crippen LogP contribution in [0.25, 0.3) is 0 Å². The summed E-state index contributed by atoms with van der Waals surface area (Å²) in [5, 5.41) is 15.0. The maximum absolute atomic E-state index is 12.3. The van der Waals surface area contributed by atoms with Gasteiger partial charge in [-0.3, -0.25) is 0 Å². The minimum atomic E-state index is -2.99. The molecule has 2 rings (SSSR count). The SMILES string of the molecule is Cc1ccccc1C(O)CNC(=O)Nc1ccccc1OC(F)F. The van der Waals surface area contributed by atoms with Crippen molar-refractivity contribution in [3.8, 4) is 5.75 Å². The number of hydrogen-bond donors (Lipinski definition) is 3. The zero-order valence-electron chi connectivity index (χ0n) is 13.0. The fraction of sp³-hybridized carbons (Fsp3) is 0.235. The molecule has 24 heavy (non-hydrogen) atoms. The summed E-state index contributed by atoms with van der Waals surface area (Å²) in [5.74, 6) is -0.137. The molecule has 128 valence electrons. The highest BCUT2D eigenvalue weighted by Crippen LogP contribution is 2.25. The molecule has 7 heteroatoms. The number of alkyl halides is 2. The van der Waals surface area contributed by atoms with Gasteiger partial charge in [-0.05, 0) is 30.2 Å². The van der Waals surface area contributed by atoms with E-state index in [9.17, 15) is 18.7 Å². The number of aryl methyl sites for hydroxylation is 1. The van der Waals surface area contributed by atoms with E-state index in [1.165, 1.54) is 18.2 Å². The Hall–Kier alpha value is -2.67. The monoisotopic (exact) mass is 336 g/mol.